The van der Waals surface area contributed by atoms with Crippen LogP contribution in [-0.2, 0) is 4.79 Å². The first kappa shape index (κ1) is 27.5. The van der Waals surface area contributed by atoms with Crippen LogP contribution in [0.3, 0.4) is 0 Å². The fraction of sp³-hybridized carbons (Fsp3) is 0.458. The normalized spacial score (nSPS) is 18.3. The summed E-state index contributed by atoms with van der Waals surface area (Å²) in [4.78, 5) is 38.5. The number of carbonyl (C=O) groups is 3. The van der Waals surface area contributed by atoms with Gasteiger partial charge in [0.15, 0.2) is 0 Å². The molecule has 4 rings (SSSR count). The number of thiophene rings is 1. The Bertz CT molecular complexity index is 1060. The summed E-state index contributed by atoms with van der Waals surface area (Å²) >= 11 is 1.36. The smallest absolute Gasteiger partial charge is 0.478 e. The van der Waals surface area contributed by atoms with Gasteiger partial charge < -0.3 is 25.3 Å². The second kappa shape index (κ2) is 12.2. The van der Waals surface area contributed by atoms with E-state index in [0.717, 1.165) is 31.7 Å². The lowest BCUT2D eigenvalue weighted by atomic mass is 9.96. The third-order valence-electron chi connectivity index (χ3n) is 6.05. The molecule has 0 radical (unpaired) electrons. The highest BCUT2D eigenvalue weighted by atomic mass is 32.1. The standard InChI is InChI=1S/C22H27N3O3S.C2HF3O2/c26-21(20-6-4-12-29-20)23-17-7-8-19(18(13-17)22(27)28)25-11-3-5-16(15-25)14-24-9-1-2-10-24;3-2(4,5)1(6)7/h4,6-8,12-13,16H,1-3,5,9-11,14-15H2,(H,23,26)(H,27,28);(H,6,7). The molecule has 12 heteroatoms. The van der Waals surface area contributed by atoms with Crippen LogP contribution < -0.4 is 10.2 Å². The van der Waals surface area contributed by atoms with E-state index in [2.05, 4.69) is 15.1 Å². The average molecular weight is 528 g/mol. The van der Waals surface area contributed by atoms with E-state index in [9.17, 15) is 27.9 Å². The van der Waals surface area contributed by atoms with Crippen LogP contribution in [0.25, 0.3) is 0 Å². The van der Waals surface area contributed by atoms with Crippen LogP contribution in [0.1, 0.15) is 45.7 Å². The van der Waals surface area contributed by atoms with Crippen LogP contribution in [0.5, 0.6) is 0 Å². The van der Waals surface area contributed by atoms with Crippen LogP contribution >= 0.6 is 11.3 Å². The quantitative estimate of drug-likeness (QED) is 0.502. The van der Waals surface area contributed by atoms with Gasteiger partial charge in [-0.25, -0.2) is 9.59 Å². The van der Waals surface area contributed by atoms with E-state index in [-0.39, 0.29) is 11.5 Å². The topological polar surface area (TPSA) is 110 Å². The number of piperidine rings is 1. The molecule has 0 spiro atoms. The maximum Gasteiger partial charge on any atom is 0.490 e. The monoisotopic (exact) mass is 527 g/mol. The minimum absolute atomic E-state index is 0.215. The van der Waals surface area contributed by atoms with Crippen LogP contribution in [0, 0.1) is 5.92 Å². The summed E-state index contributed by atoms with van der Waals surface area (Å²) in [7, 11) is 0. The second-order valence-corrected chi connectivity index (χ2v) is 9.68. The first-order valence-electron chi connectivity index (χ1n) is 11.5. The van der Waals surface area contributed by atoms with Gasteiger partial charge >= 0.3 is 18.1 Å². The number of anilines is 2. The van der Waals surface area contributed by atoms with Gasteiger partial charge in [0.2, 0.25) is 0 Å². The van der Waals surface area contributed by atoms with Crippen molar-refractivity contribution in [1.29, 1.82) is 0 Å². The third kappa shape index (κ3) is 7.69. The molecule has 8 nitrogen and oxygen atoms in total. The Morgan fingerprint density at radius 1 is 1.06 bits per heavy atom. The molecular formula is C24H28F3N3O5S. The van der Waals surface area contributed by atoms with E-state index in [1.165, 1.54) is 43.7 Å². The number of nitrogens with zero attached hydrogens (tertiary/aromatic N) is 2. The van der Waals surface area contributed by atoms with Crippen LogP contribution in [-0.4, -0.2) is 71.9 Å². The number of carboxylic acid groups (broad SMARTS) is 2. The van der Waals surface area contributed by atoms with E-state index in [0.29, 0.717) is 16.5 Å². The van der Waals surface area contributed by atoms with Crippen LogP contribution in [0.15, 0.2) is 35.7 Å². The number of aliphatic carboxylic acids is 1. The Hall–Kier alpha value is -3.12. The van der Waals surface area contributed by atoms with Gasteiger partial charge in [-0.2, -0.15) is 13.2 Å². The van der Waals surface area contributed by atoms with E-state index in [4.69, 9.17) is 9.90 Å². The Balaban J connectivity index is 0.000000454. The number of carboxylic acids is 2. The zero-order valence-corrected chi connectivity index (χ0v) is 20.3. The number of amides is 1. The molecule has 36 heavy (non-hydrogen) atoms. The molecule has 3 N–H and O–H groups in total. The minimum atomic E-state index is -5.08. The first-order chi connectivity index (χ1) is 17.0. The number of likely N-dealkylation sites (tertiary alicyclic amines) is 1. The summed E-state index contributed by atoms with van der Waals surface area (Å²) in [5.74, 6) is -3.36. The van der Waals surface area contributed by atoms with Gasteiger partial charge in [0.05, 0.1) is 16.1 Å². The van der Waals surface area contributed by atoms with E-state index >= 15 is 0 Å². The molecule has 196 valence electrons. The Morgan fingerprint density at radius 2 is 1.75 bits per heavy atom. The lowest BCUT2D eigenvalue weighted by molar-refractivity contribution is -0.192. The van der Waals surface area contributed by atoms with Crippen molar-refractivity contribution in [2.75, 3.05) is 42.9 Å². The molecule has 1 atom stereocenters. The van der Waals surface area contributed by atoms with E-state index in [1.54, 1.807) is 18.2 Å². The zero-order chi connectivity index (χ0) is 26.3. The fourth-order valence-electron chi connectivity index (χ4n) is 4.42. The minimum Gasteiger partial charge on any atom is -0.478 e. The van der Waals surface area contributed by atoms with Gasteiger partial charge in [0, 0.05) is 25.3 Å². The Labute approximate surface area is 210 Å². The molecule has 0 saturated carbocycles. The molecular weight excluding hydrogens is 499 g/mol. The van der Waals surface area contributed by atoms with Crippen LogP contribution in [0.4, 0.5) is 24.5 Å². The molecule has 3 heterocycles. The summed E-state index contributed by atoms with van der Waals surface area (Å²) < 4.78 is 31.7. The lowest BCUT2D eigenvalue weighted by Gasteiger charge is -2.36. The average Bonchev–Trinajstić information content (AvgIpc) is 3.54. The summed E-state index contributed by atoms with van der Waals surface area (Å²) in [6, 6.07) is 8.79. The maximum atomic E-state index is 12.3. The van der Waals surface area contributed by atoms with Gasteiger partial charge in [-0.3, -0.25) is 4.79 Å². The number of nitrogens with one attached hydrogen (secondary N) is 1. The lowest BCUT2D eigenvalue weighted by Crippen LogP contribution is -2.41. The molecule has 2 aliphatic rings. The Morgan fingerprint density at radius 3 is 2.33 bits per heavy atom. The van der Waals surface area contributed by atoms with Crippen molar-refractivity contribution in [3.05, 3.63) is 46.2 Å². The van der Waals surface area contributed by atoms with Crippen molar-refractivity contribution < 1.29 is 37.8 Å². The van der Waals surface area contributed by atoms with Crippen LogP contribution in [0.2, 0.25) is 0 Å². The molecule has 2 aromatic rings. The highest BCUT2D eigenvalue weighted by Gasteiger charge is 2.38. The molecule has 2 saturated heterocycles. The molecule has 1 aromatic heterocycles. The number of hydrogen-bond acceptors (Lipinski definition) is 6. The number of rotatable bonds is 6. The fourth-order valence-corrected chi connectivity index (χ4v) is 5.04. The molecule has 1 aromatic carbocycles. The summed E-state index contributed by atoms with van der Waals surface area (Å²) in [5, 5.41) is 21.6. The van der Waals surface area contributed by atoms with Crippen molar-refractivity contribution >= 4 is 40.6 Å². The van der Waals surface area contributed by atoms with Gasteiger partial charge in [-0.1, -0.05) is 6.07 Å². The summed E-state index contributed by atoms with van der Waals surface area (Å²) in [6.07, 6.45) is -0.227. The van der Waals surface area contributed by atoms with E-state index < -0.39 is 18.1 Å². The van der Waals surface area contributed by atoms with Crippen molar-refractivity contribution in [3.8, 4) is 0 Å². The van der Waals surface area contributed by atoms with Gasteiger partial charge in [-0.15, -0.1) is 11.3 Å². The zero-order valence-electron chi connectivity index (χ0n) is 19.5. The molecule has 0 bridgehead atoms. The van der Waals surface area contributed by atoms with Crippen molar-refractivity contribution in [2.45, 2.75) is 31.9 Å². The van der Waals surface area contributed by atoms with Crippen molar-refractivity contribution in [3.63, 3.8) is 0 Å². The largest absolute Gasteiger partial charge is 0.490 e. The number of halogens is 3. The van der Waals surface area contributed by atoms with Crippen molar-refractivity contribution in [2.24, 2.45) is 5.92 Å². The number of benzene rings is 1. The van der Waals surface area contributed by atoms with E-state index in [1.807, 2.05) is 17.5 Å². The third-order valence-corrected chi connectivity index (χ3v) is 6.92. The number of hydrogen-bond donors (Lipinski definition) is 3. The van der Waals surface area contributed by atoms with Gasteiger partial charge in [-0.05, 0) is 74.3 Å². The predicted molar refractivity (Wildman–Crippen MR) is 130 cm³/mol. The molecule has 1 amide bonds. The van der Waals surface area contributed by atoms with Crippen molar-refractivity contribution in [1.82, 2.24) is 4.90 Å². The molecule has 0 aliphatic carbocycles. The first-order valence-corrected chi connectivity index (χ1v) is 12.4. The predicted octanol–water partition coefficient (Wildman–Crippen LogP) is 4.64. The highest BCUT2D eigenvalue weighted by Crippen LogP contribution is 2.30. The molecule has 1 unspecified atom stereocenters. The highest BCUT2D eigenvalue weighted by molar-refractivity contribution is 7.12. The second-order valence-electron chi connectivity index (χ2n) is 8.73. The van der Waals surface area contributed by atoms with Gasteiger partial charge in [0.25, 0.3) is 5.91 Å². The summed E-state index contributed by atoms with van der Waals surface area (Å²) in [6.45, 7) is 5.24. The Kier molecular flexibility index (Phi) is 9.32. The number of carbonyl (C=O) groups excluding carboxylic acids is 1. The SMILES string of the molecule is O=C(Nc1ccc(N2CCCC(CN3CCCC3)C2)c(C(=O)O)c1)c1cccs1.O=C(O)C(F)(F)F. The number of alkyl halides is 3. The molecule has 2 fully saturated rings. The molecule has 2 aliphatic heterocycles. The maximum absolute atomic E-state index is 12.3. The number of aromatic carboxylic acids is 1. The summed E-state index contributed by atoms with van der Waals surface area (Å²) in [5.41, 5.74) is 1.50. The van der Waals surface area contributed by atoms with Gasteiger partial charge in [0.1, 0.15) is 0 Å².